The van der Waals surface area contributed by atoms with Gasteiger partial charge in [-0.05, 0) is 61.1 Å². The summed E-state index contributed by atoms with van der Waals surface area (Å²) in [5.74, 6) is 0.264. The maximum absolute atomic E-state index is 12.9. The number of hydrogen-bond acceptors (Lipinski definition) is 3. The molecule has 2 aromatic carbocycles. The van der Waals surface area contributed by atoms with E-state index in [0.29, 0.717) is 35.8 Å². The molecule has 1 aliphatic heterocycles. The lowest BCUT2D eigenvalue weighted by Crippen LogP contribution is -2.38. The number of carbonyl (C=O) groups excluding carboxylic acids is 2. The van der Waals surface area contributed by atoms with Crippen LogP contribution in [0.25, 0.3) is 0 Å². The Morgan fingerprint density at radius 1 is 1.11 bits per heavy atom. The SMILES string of the molecule is CC(=O)Nc1cc(C(=O)N2CCC(c3ccc(C#N)cc3)CC2)ccc1C. The van der Waals surface area contributed by atoms with Crippen molar-refractivity contribution in [2.75, 3.05) is 18.4 Å². The van der Waals surface area contributed by atoms with Gasteiger partial charge in [-0.3, -0.25) is 9.59 Å². The average Bonchev–Trinajstić information content (AvgIpc) is 2.69. The molecule has 0 aromatic heterocycles. The van der Waals surface area contributed by atoms with Crippen molar-refractivity contribution in [3.8, 4) is 6.07 Å². The summed E-state index contributed by atoms with van der Waals surface area (Å²) < 4.78 is 0. The van der Waals surface area contributed by atoms with E-state index >= 15 is 0 Å². The lowest BCUT2D eigenvalue weighted by atomic mass is 9.89. The van der Waals surface area contributed by atoms with Crippen molar-refractivity contribution in [1.82, 2.24) is 4.90 Å². The summed E-state index contributed by atoms with van der Waals surface area (Å²) in [4.78, 5) is 26.1. The highest BCUT2D eigenvalue weighted by molar-refractivity contribution is 5.97. The molecule has 1 N–H and O–H groups in total. The maximum atomic E-state index is 12.9. The molecule has 3 rings (SSSR count). The molecule has 138 valence electrons. The molecule has 2 amide bonds. The molecule has 1 heterocycles. The van der Waals surface area contributed by atoms with Crippen LogP contribution in [0, 0.1) is 18.3 Å². The Kier molecular flexibility index (Phi) is 5.56. The molecule has 27 heavy (non-hydrogen) atoms. The van der Waals surface area contributed by atoms with Crippen molar-refractivity contribution >= 4 is 17.5 Å². The van der Waals surface area contributed by atoms with E-state index in [1.54, 1.807) is 6.07 Å². The molecule has 2 aromatic rings. The number of anilines is 1. The number of nitrogens with one attached hydrogen (secondary N) is 1. The molecule has 1 fully saturated rings. The number of likely N-dealkylation sites (tertiary alicyclic amines) is 1. The number of nitrogens with zero attached hydrogens (tertiary/aromatic N) is 2. The van der Waals surface area contributed by atoms with Gasteiger partial charge in [-0.25, -0.2) is 0 Å². The topological polar surface area (TPSA) is 73.2 Å². The Bertz CT molecular complexity index is 889. The van der Waals surface area contributed by atoms with Gasteiger partial charge in [0.1, 0.15) is 0 Å². The van der Waals surface area contributed by atoms with Crippen molar-refractivity contribution in [1.29, 1.82) is 5.26 Å². The third-order valence-electron chi connectivity index (χ3n) is 5.09. The number of hydrogen-bond donors (Lipinski definition) is 1. The molecule has 0 bridgehead atoms. The molecule has 5 nitrogen and oxygen atoms in total. The minimum Gasteiger partial charge on any atom is -0.339 e. The Hall–Kier alpha value is -3.13. The molecule has 0 unspecified atom stereocenters. The fourth-order valence-corrected chi connectivity index (χ4v) is 3.51. The quantitative estimate of drug-likeness (QED) is 0.902. The minimum atomic E-state index is -0.147. The van der Waals surface area contributed by atoms with Gasteiger partial charge in [0, 0.05) is 31.3 Å². The highest BCUT2D eigenvalue weighted by atomic mass is 16.2. The first kappa shape index (κ1) is 18.7. The van der Waals surface area contributed by atoms with Gasteiger partial charge >= 0.3 is 0 Å². The number of amides is 2. The maximum Gasteiger partial charge on any atom is 0.253 e. The molecular weight excluding hydrogens is 338 g/mol. The summed E-state index contributed by atoms with van der Waals surface area (Å²) in [6.07, 6.45) is 1.81. The fraction of sp³-hybridized carbons (Fsp3) is 0.318. The Morgan fingerprint density at radius 2 is 1.78 bits per heavy atom. The van der Waals surface area contributed by atoms with Crippen LogP contribution in [0.15, 0.2) is 42.5 Å². The number of piperidine rings is 1. The molecule has 0 aliphatic carbocycles. The van der Waals surface area contributed by atoms with Crippen LogP contribution in [0.3, 0.4) is 0 Å². The largest absolute Gasteiger partial charge is 0.339 e. The second kappa shape index (κ2) is 8.05. The molecule has 0 spiro atoms. The van der Waals surface area contributed by atoms with Crippen molar-refractivity contribution in [3.05, 3.63) is 64.7 Å². The predicted octanol–water partition coefficient (Wildman–Crippen LogP) is 3.84. The van der Waals surface area contributed by atoms with E-state index in [9.17, 15) is 9.59 Å². The third kappa shape index (κ3) is 4.35. The van der Waals surface area contributed by atoms with Crippen LogP contribution in [-0.4, -0.2) is 29.8 Å². The molecule has 5 heteroatoms. The highest BCUT2D eigenvalue weighted by Crippen LogP contribution is 2.29. The van der Waals surface area contributed by atoms with Gasteiger partial charge in [0.05, 0.1) is 11.6 Å². The second-order valence-electron chi connectivity index (χ2n) is 7.01. The number of rotatable bonds is 3. The third-order valence-corrected chi connectivity index (χ3v) is 5.09. The van der Waals surface area contributed by atoms with Crippen LogP contribution in [0.1, 0.15) is 52.7 Å². The van der Waals surface area contributed by atoms with Crippen molar-refractivity contribution < 1.29 is 9.59 Å². The summed E-state index contributed by atoms with van der Waals surface area (Å²) in [5, 5.41) is 11.7. The van der Waals surface area contributed by atoms with Crippen LogP contribution >= 0.6 is 0 Å². The second-order valence-corrected chi connectivity index (χ2v) is 7.01. The average molecular weight is 361 g/mol. The monoisotopic (exact) mass is 361 g/mol. The van der Waals surface area contributed by atoms with E-state index in [4.69, 9.17) is 5.26 Å². The van der Waals surface area contributed by atoms with Gasteiger partial charge in [0.2, 0.25) is 5.91 Å². The summed E-state index contributed by atoms with van der Waals surface area (Å²) in [6.45, 7) is 4.77. The standard InChI is InChI=1S/C22H23N3O2/c1-15-3-6-20(13-21(15)24-16(2)26)22(27)25-11-9-19(10-12-25)18-7-4-17(14-23)5-8-18/h3-8,13,19H,9-12H2,1-2H3,(H,24,26). The highest BCUT2D eigenvalue weighted by Gasteiger charge is 2.25. The number of carbonyl (C=O) groups is 2. The van der Waals surface area contributed by atoms with Crippen LogP contribution < -0.4 is 5.32 Å². The van der Waals surface area contributed by atoms with E-state index in [0.717, 1.165) is 18.4 Å². The smallest absolute Gasteiger partial charge is 0.253 e. The minimum absolute atomic E-state index is 0.000111. The van der Waals surface area contributed by atoms with E-state index < -0.39 is 0 Å². The number of nitriles is 1. The van der Waals surface area contributed by atoms with Crippen molar-refractivity contribution in [3.63, 3.8) is 0 Å². The van der Waals surface area contributed by atoms with Gasteiger partial charge < -0.3 is 10.2 Å². The molecule has 1 saturated heterocycles. The van der Waals surface area contributed by atoms with E-state index in [1.807, 2.05) is 48.2 Å². The van der Waals surface area contributed by atoms with E-state index in [2.05, 4.69) is 11.4 Å². The van der Waals surface area contributed by atoms with Crippen LogP contribution in [-0.2, 0) is 4.79 Å². The van der Waals surface area contributed by atoms with Crippen molar-refractivity contribution in [2.24, 2.45) is 0 Å². The van der Waals surface area contributed by atoms with Gasteiger partial charge in [0.15, 0.2) is 0 Å². The van der Waals surface area contributed by atoms with Gasteiger partial charge in [-0.15, -0.1) is 0 Å². The first-order valence-corrected chi connectivity index (χ1v) is 9.15. The first-order valence-electron chi connectivity index (χ1n) is 9.15. The molecule has 0 saturated carbocycles. The van der Waals surface area contributed by atoms with Gasteiger partial charge in [-0.2, -0.15) is 5.26 Å². The Balaban J connectivity index is 1.66. The summed E-state index contributed by atoms with van der Waals surface area (Å²) >= 11 is 0. The zero-order chi connectivity index (χ0) is 19.4. The first-order chi connectivity index (χ1) is 13.0. The van der Waals surface area contributed by atoms with Gasteiger partial charge in [0.25, 0.3) is 5.91 Å². The van der Waals surface area contributed by atoms with Crippen molar-refractivity contribution in [2.45, 2.75) is 32.6 Å². The molecule has 0 atom stereocenters. The summed E-state index contributed by atoms with van der Waals surface area (Å²) in [6, 6.07) is 15.3. The normalized spacial score (nSPS) is 14.5. The zero-order valence-corrected chi connectivity index (χ0v) is 15.7. The van der Waals surface area contributed by atoms with E-state index in [1.165, 1.54) is 12.5 Å². The molecular formula is C22H23N3O2. The van der Waals surface area contributed by atoms with Crippen LogP contribution in [0.2, 0.25) is 0 Å². The van der Waals surface area contributed by atoms with Crippen LogP contribution in [0.4, 0.5) is 5.69 Å². The van der Waals surface area contributed by atoms with Crippen LogP contribution in [0.5, 0.6) is 0 Å². The fourth-order valence-electron chi connectivity index (χ4n) is 3.51. The summed E-state index contributed by atoms with van der Waals surface area (Å²) in [7, 11) is 0. The molecule has 1 aliphatic rings. The van der Waals surface area contributed by atoms with E-state index in [-0.39, 0.29) is 11.8 Å². The van der Waals surface area contributed by atoms with Gasteiger partial charge in [-0.1, -0.05) is 18.2 Å². The lowest BCUT2D eigenvalue weighted by molar-refractivity contribution is -0.114. The number of benzene rings is 2. The predicted molar refractivity (Wildman–Crippen MR) is 105 cm³/mol. The summed E-state index contributed by atoms with van der Waals surface area (Å²) in [5.41, 5.74) is 4.10. The number of aryl methyl sites for hydroxylation is 1. The molecule has 0 radical (unpaired) electrons. The lowest BCUT2D eigenvalue weighted by Gasteiger charge is -2.32. The zero-order valence-electron chi connectivity index (χ0n) is 15.7. The Morgan fingerprint density at radius 3 is 2.37 bits per heavy atom. The Labute approximate surface area is 159 Å².